The number of nitrogens with two attached hydrogens (primary N) is 1. The van der Waals surface area contributed by atoms with Crippen molar-refractivity contribution in [3.63, 3.8) is 0 Å². The maximum atomic E-state index is 13.6. The summed E-state index contributed by atoms with van der Waals surface area (Å²) < 4.78 is 1.04. The number of pyridine rings is 1. The normalized spacial score (nSPS) is 13.1. The number of hydrogen-bond donors (Lipinski definition) is 2. The van der Waals surface area contributed by atoms with Crippen molar-refractivity contribution in [1.29, 1.82) is 0 Å². The first kappa shape index (κ1) is 22.2. The summed E-state index contributed by atoms with van der Waals surface area (Å²) in [7, 11) is 0. The second kappa shape index (κ2) is 9.04. The van der Waals surface area contributed by atoms with E-state index in [-0.39, 0.29) is 5.78 Å². The first-order chi connectivity index (χ1) is 17.1. The highest BCUT2D eigenvalue weighted by molar-refractivity contribution is 9.10. The van der Waals surface area contributed by atoms with Gasteiger partial charge in [0.1, 0.15) is 9.71 Å². The van der Waals surface area contributed by atoms with Gasteiger partial charge in [0.15, 0.2) is 0 Å². The average Bonchev–Trinajstić information content (AvgIpc) is 3.23. The molecule has 6 heteroatoms. The third-order valence-electron chi connectivity index (χ3n) is 6.50. The Morgan fingerprint density at radius 2 is 1.60 bits per heavy atom. The molecule has 0 saturated heterocycles. The van der Waals surface area contributed by atoms with Crippen LogP contribution in [-0.2, 0) is 13.0 Å². The number of nitrogen functional groups attached to an aromatic ring is 1. The maximum absolute atomic E-state index is 13.6. The van der Waals surface area contributed by atoms with E-state index < -0.39 is 0 Å². The molecule has 172 valence electrons. The van der Waals surface area contributed by atoms with E-state index in [1.54, 1.807) is 0 Å². The maximum Gasteiger partial charge on any atom is 0.205 e. The second-order valence-electron chi connectivity index (χ2n) is 8.64. The average molecular weight is 540 g/mol. The van der Waals surface area contributed by atoms with Gasteiger partial charge in [0.25, 0.3) is 0 Å². The number of rotatable bonds is 4. The minimum atomic E-state index is -0.0667. The molecule has 5 aromatic rings. The molecule has 0 bridgehead atoms. The molecule has 3 N–H and O–H groups in total. The van der Waals surface area contributed by atoms with Crippen LogP contribution < -0.4 is 11.1 Å². The topological polar surface area (TPSA) is 68.0 Å². The zero-order valence-electron chi connectivity index (χ0n) is 18.8. The van der Waals surface area contributed by atoms with E-state index in [9.17, 15) is 4.79 Å². The Balaban J connectivity index is 1.45. The summed E-state index contributed by atoms with van der Waals surface area (Å²) in [5.74, 6) is -0.0667. The van der Waals surface area contributed by atoms with Crippen LogP contribution in [0.15, 0.2) is 83.3 Å². The van der Waals surface area contributed by atoms with E-state index >= 15 is 0 Å². The lowest BCUT2D eigenvalue weighted by Crippen LogP contribution is -2.25. The number of nitrogens with zero attached hydrogens (tertiary/aromatic N) is 1. The zero-order valence-corrected chi connectivity index (χ0v) is 21.2. The van der Waals surface area contributed by atoms with Crippen molar-refractivity contribution in [2.75, 3.05) is 12.3 Å². The van der Waals surface area contributed by atoms with Crippen molar-refractivity contribution in [2.45, 2.75) is 13.0 Å². The third kappa shape index (κ3) is 3.97. The molecule has 0 saturated carbocycles. The molecule has 0 radical (unpaired) electrons. The molecule has 0 fully saturated rings. The van der Waals surface area contributed by atoms with Gasteiger partial charge in [0, 0.05) is 46.2 Å². The summed E-state index contributed by atoms with van der Waals surface area (Å²) in [6.07, 6.45) is 0.865. The highest BCUT2D eigenvalue weighted by atomic mass is 79.9. The number of anilines is 1. The first-order valence-corrected chi connectivity index (χ1v) is 13.1. The number of carbonyl (C=O) groups excluding carboxylic acids is 1. The summed E-state index contributed by atoms with van der Waals surface area (Å²) >= 11 is 4.87. The molecule has 3 aromatic carbocycles. The number of thiophene rings is 1. The smallest absolute Gasteiger partial charge is 0.205 e. The van der Waals surface area contributed by atoms with Gasteiger partial charge < -0.3 is 11.1 Å². The standard InChI is InChI=1S/C29H22BrN3OS/c30-21-12-10-18(11-13-21)17-6-8-20(9-7-17)27(34)28-26(31)25-24(19-4-2-1-3-5-19)22-16-32-15-14-23(22)33-29(25)35-28/h1-13,32H,14-16,31H2. The number of benzene rings is 3. The van der Waals surface area contributed by atoms with Crippen LogP contribution in [0.1, 0.15) is 26.5 Å². The molecule has 35 heavy (non-hydrogen) atoms. The SMILES string of the molecule is Nc1c(C(=O)c2ccc(-c3ccc(Br)cc3)cc2)sc2nc3c(c(-c4ccccc4)c12)CNCC3. The first-order valence-electron chi connectivity index (χ1n) is 11.5. The van der Waals surface area contributed by atoms with Crippen molar-refractivity contribution < 1.29 is 4.79 Å². The Kier molecular flexibility index (Phi) is 5.72. The van der Waals surface area contributed by atoms with Gasteiger partial charge in [-0.05, 0) is 34.4 Å². The molecule has 0 unspecified atom stereocenters. The number of hydrogen-bond acceptors (Lipinski definition) is 5. The Morgan fingerprint density at radius 1 is 0.914 bits per heavy atom. The van der Waals surface area contributed by atoms with Crippen molar-refractivity contribution >= 4 is 49.0 Å². The van der Waals surface area contributed by atoms with Crippen LogP contribution in [0.2, 0.25) is 0 Å². The number of aromatic nitrogens is 1. The fourth-order valence-electron chi connectivity index (χ4n) is 4.73. The number of halogens is 1. The van der Waals surface area contributed by atoms with E-state index in [2.05, 4.69) is 45.5 Å². The van der Waals surface area contributed by atoms with Gasteiger partial charge in [-0.3, -0.25) is 4.79 Å². The van der Waals surface area contributed by atoms with Gasteiger partial charge in [-0.1, -0.05) is 82.7 Å². The fourth-order valence-corrected chi connectivity index (χ4v) is 6.08. The van der Waals surface area contributed by atoms with Crippen molar-refractivity contribution in [1.82, 2.24) is 10.3 Å². The van der Waals surface area contributed by atoms with E-state index in [1.807, 2.05) is 54.6 Å². The molecule has 6 rings (SSSR count). The van der Waals surface area contributed by atoms with Gasteiger partial charge in [-0.2, -0.15) is 0 Å². The van der Waals surface area contributed by atoms with E-state index in [1.165, 1.54) is 16.9 Å². The van der Waals surface area contributed by atoms with Gasteiger partial charge in [-0.25, -0.2) is 4.98 Å². The molecule has 1 aliphatic rings. The van der Waals surface area contributed by atoms with E-state index in [0.717, 1.165) is 62.1 Å². The predicted molar refractivity (Wildman–Crippen MR) is 148 cm³/mol. The molecule has 0 amide bonds. The predicted octanol–water partition coefficient (Wildman–Crippen LogP) is 6.85. The number of fused-ring (bicyclic) bond motifs is 2. The molecule has 0 atom stereocenters. The number of ketones is 1. The quantitative estimate of drug-likeness (QED) is 0.245. The summed E-state index contributed by atoms with van der Waals surface area (Å²) in [6, 6.07) is 26.1. The van der Waals surface area contributed by atoms with Crippen LogP contribution in [-0.4, -0.2) is 17.3 Å². The number of carbonyl (C=O) groups is 1. The van der Waals surface area contributed by atoms with E-state index in [0.29, 0.717) is 16.1 Å². The molecule has 3 heterocycles. The Morgan fingerprint density at radius 3 is 2.31 bits per heavy atom. The lowest BCUT2D eigenvalue weighted by atomic mass is 9.92. The van der Waals surface area contributed by atoms with Crippen molar-refractivity contribution in [3.8, 4) is 22.3 Å². The largest absolute Gasteiger partial charge is 0.397 e. The highest BCUT2D eigenvalue weighted by Gasteiger charge is 2.26. The van der Waals surface area contributed by atoms with Crippen LogP contribution in [0.3, 0.4) is 0 Å². The van der Waals surface area contributed by atoms with Gasteiger partial charge >= 0.3 is 0 Å². The third-order valence-corrected chi connectivity index (χ3v) is 8.12. The Hall–Kier alpha value is -3.32. The Labute approximate surface area is 216 Å². The summed E-state index contributed by atoms with van der Waals surface area (Å²) in [4.78, 5) is 19.9. The molecule has 2 aromatic heterocycles. The monoisotopic (exact) mass is 539 g/mol. The lowest BCUT2D eigenvalue weighted by Gasteiger charge is -2.21. The van der Waals surface area contributed by atoms with E-state index in [4.69, 9.17) is 10.7 Å². The van der Waals surface area contributed by atoms with Crippen LogP contribution in [0.25, 0.3) is 32.5 Å². The molecular formula is C29H22BrN3OS. The number of nitrogens with one attached hydrogen (secondary N) is 1. The minimum absolute atomic E-state index is 0.0667. The van der Waals surface area contributed by atoms with Gasteiger partial charge in [-0.15, -0.1) is 11.3 Å². The summed E-state index contributed by atoms with van der Waals surface area (Å²) in [6.45, 7) is 1.65. The molecule has 0 aliphatic carbocycles. The zero-order chi connectivity index (χ0) is 23.9. The van der Waals surface area contributed by atoms with Gasteiger partial charge in [0.05, 0.1) is 5.69 Å². The fraction of sp³-hybridized carbons (Fsp3) is 0.103. The van der Waals surface area contributed by atoms with Crippen molar-refractivity contribution in [3.05, 3.63) is 105 Å². The van der Waals surface area contributed by atoms with Crippen molar-refractivity contribution in [2.24, 2.45) is 0 Å². The summed E-state index contributed by atoms with van der Waals surface area (Å²) in [5.41, 5.74) is 14.5. The van der Waals surface area contributed by atoms with Crippen LogP contribution in [0.5, 0.6) is 0 Å². The summed E-state index contributed by atoms with van der Waals surface area (Å²) in [5, 5.41) is 4.35. The molecule has 1 aliphatic heterocycles. The highest BCUT2D eigenvalue weighted by Crippen LogP contribution is 2.43. The minimum Gasteiger partial charge on any atom is -0.397 e. The Bertz CT molecular complexity index is 1560. The van der Waals surface area contributed by atoms with Crippen LogP contribution in [0, 0.1) is 0 Å². The van der Waals surface area contributed by atoms with Gasteiger partial charge in [0.2, 0.25) is 5.78 Å². The molecule has 0 spiro atoms. The second-order valence-corrected chi connectivity index (χ2v) is 10.6. The van der Waals surface area contributed by atoms with Crippen LogP contribution in [0.4, 0.5) is 5.69 Å². The molecular weight excluding hydrogens is 518 g/mol. The molecule has 4 nitrogen and oxygen atoms in total. The van der Waals surface area contributed by atoms with Crippen LogP contribution >= 0.6 is 27.3 Å². The lowest BCUT2D eigenvalue weighted by molar-refractivity contribution is 0.104.